The predicted molar refractivity (Wildman–Crippen MR) is 73.8 cm³/mol. The summed E-state index contributed by atoms with van der Waals surface area (Å²) in [6.07, 6.45) is 4.53. The number of rotatable bonds is 6. The number of halogens is 2. The van der Waals surface area contributed by atoms with Crippen LogP contribution in [0.3, 0.4) is 0 Å². The van der Waals surface area contributed by atoms with Crippen molar-refractivity contribution in [1.82, 2.24) is 20.1 Å². The number of aromatic nitrogens is 3. The second-order valence-corrected chi connectivity index (χ2v) is 5.69. The largest absolute Gasteiger partial charge is 0.316 e. The molecule has 1 aromatic heterocycles. The van der Waals surface area contributed by atoms with Crippen molar-refractivity contribution >= 4 is 0 Å². The first kappa shape index (κ1) is 15.4. The van der Waals surface area contributed by atoms with E-state index in [1.165, 1.54) is 0 Å². The topological polar surface area (TPSA) is 42.7 Å². The van der Waals surface area contributed by atoms with E-state index in [1.54, 1.807) is 6.33 Å². The van der Waals surface area contributed by atoms with E-state index in [2.05, 4.69) is 22.3 Å². The molecule has 2 rings (SSSR count). The van der Waals surface area contributed by atoms with Crippen molar-refractivity contribution in [2.24, 2.45) is 5.92 Å². The lowest BCUT2D eigenvalue weighted by molar-refractivity contribution is -0.0493. The van der Waals surface area contributed by atoms with E-state index in [9.17, 15) is 8.78 Å². The van der Waals surface area contributed by atoms with E-state index < -0.39 is 5.92 Å². The second-order valence-electron chi connectivity index (χ2n) is 5.69. The lowest BCUT2D eigenvalue weighted by Gasteiger charge is -2.33. The van der Waals surface area contributed by atoms with Crippen molar-refractivity contribution in [1.29, 1.82) is 0 Å². The first-order chi connectivity index (χ1) is 9.55. The molecule has 1 unspecified atom stereocenters. The molecular formula is C14H24F2N4. The molecule has 1 heterocycles. The summed E-state index contributed by atoms with van der Waals surface area (Å²) in [7, 11) is 1.90. The fourth-order valence-electron chi connectivity index (χ4n) is 3.01. The van der Waals surface area contributed by atoms with Gasteiger partial charge in [0.1, 0.15) is 12.2 Å². The van der Waals surface area contributed by atoms with Gasteiger partial charge in [-0.2, -0.15) is 5.10 Å². The number of nitrogens with one attached hydrogen (secondary N) is 1. The average Bonchev–Trinajstić information content (AvgIpc) is 2.84. The summed E-state index contributed by atoms with van der Waals surface area (Å²) in [5.41, 5.74) is 0. The molecule has 0 aromatic carbocycles. The van der Waals surface area contributed by atoms with Crippen LogP contribution in [-0.4, -0.2) is 33.8 Å². The highest BCUT2D eigenvalue weighted by atomic mass is 19.3. The van der Waals surface area contributed by atoms with Crippen LogP contribution in [0.1, 0.15) is 44.9 Å². The molecule has 1 saturated carbocycles. The molecule has 6 heteroatoms. The van der Waals surface area contributed by atoms with Crippen LogP contribution in [0.4, 0.5) is 8.78 Å². The standard InChI is InChI=1S/C14H24F2N4/c1-3-8-20-13(18-10-19-20)9-12(17-2)11-4-6-14(15,16)7-5-11/h10-12,17H,3-9H2,1-2H3. The van der Waals surface area contributed by atoms with Gasteiger partial charge in [0, 0.05) is 31.8 Å². The van der Waals surface area contributed by atoms with E-state index >= 15 is 0 Å². The number of likely N-dealkylation sites (N-methyl/N-ethyl adjacent to an activating group) is 1. The van der Waals surface area contributed by atoms with Crippen molar-refractivity contribution in [3.05, 3.63) is 12.2 Å². The van der Waals surface area contributed by atoms with E-state index in [-0.39, 0.29) is 18.9 Å². The molecule has 1 aromatic rings. The van der Waals surface area contributed by atoms with Crippen molar-refractivity contribution in [3.8, 4) is 0 Å². The van der Waals surface area contributed by atoms with Crippen LogP contribution in [0.15, 0.2) is 6.33 Å². The van der Waals surface area contributed by atoms with Crippen molar-refractivity contribution in [2.75, 3.05) is 7.05 Å². The second kappa shape index (κ2) is 6.61. The van der Waals surface area contributed by atoms with Gasteiger partial charge >= 0.3 is 0 Å². The Morgan fingerprint density at radius 1 is 1.45 bits per heavy atom. The van der Waals surface area contributed by atoms with Crippen LogP contribution in [0, 0.1) is 5.92 Å². The van der Waals surface area contributed by atoms with E-state index in [0.717, 1.165) is 25.2 Å². The third-order valence-corrected chi connectivity index (χ3v) is 4.24. The Hall–Kier alpha value is -1.04. The van der Waals surface area contributed by atoms with Gasteiger partial charge in [0.05, 0.1) is 0 Å². The number of hydrogen-bond donors (Lipinski definition) is 1. The highest BCUT2D eigenvalue weighted by Gasteiger charge is 2.37. The van der Waals surface area contributed by atoms with Crippen LogP contribution in [0.2, 0.25) is 0 Å². The maximum absolute atomic E-state index is 13.2. The van der Waals surface area contributed by atoms with Gasteiger partial charge in [0.25, 0.3) is 0 Å². The first-order valence-corrected chi connectivity index (χ1v) is 7.47. The summed E-state index contributed by atoms with van der Waals surface area (Å²) in [4.78, 5) is 4.31. The van der Waals surface area contributed by atoms with Crippen LogP contribution in [0.25, 0.3) is 0 Å². The molecule has 0 amide bonds. The Morgan fingerprint density at radius 3 is 2.75 bits per heavy atom. The Kier molecular flexibility index (Phi) is 5.07. The third-order valence-electron chi connectivity index (χ3n) is 4.24. The number of nitrogens with zero attached hydrogens (tertiary/aromatic N) is 3. The molecule has 1 N–H and O–H groups in total. The quantitative estimate of drug-likeness (QED) is 0.874. The molecule has 20 heavy (non-hydrogen) atoms. The predicted octanol–water partition coefficient (Wildman–Crippen LogP) is 2.64. The lowest BCUT2D eigenvalue weighted by atomic mass is 9.81. The van der Waals surface area contributed by atoms with Gasteiger partial charge in [0.2, 0.25) is 5.92 Å². The summed E-state index contributed by atoms with van der Waals surface area (Å²) >= 11 is 0. The Bertz CT molecular complexity index is 409. The van der Waals surface area contributed by atoms with Crippen LogP contribution >= 0.6 is 0 Å². The summed E-state index contributed by atoms with van der Waals surface area (Å²) in [6, 6.07) is 0.200. The molecule has 1 aliphatic carbocycles. The van der Waals surface area contributed by atoms with Gasteiger partial charge < -0.3 is 5.32 Å². The van der Waals surface area contributed by atoms with Gasteiger partial charge in [-0.25, -0.2) is 13.8 Å². The summed E-state index contributed by atoms with van der Waals surface area (Å²) in [5, 5.41) is 7.50. The zero-order chi connectivity index (χ0) is 14.6. The van der Waals surface area contributed by atoms with E-state index in [0.29, 0.717) is 18.8 Å². The summed E-state index contributed by atoms with van der Waals surface area (Å²) < 4.78 is 28.4. The van der Waals surface area contributed by atoms with Gasteiger partial charge in [0.15, 0.2) is 0 Å². The molecular weight excluding hydrogens is 262 g/mol. The third kappa shape index (κ3) is 3.75. The molecule has 0 bridgehead atoms. The minimum absolute atomic E-state index is 0.0114. The first-order valence-electron chi connectivity index (χ1n) is 7.47. The zero-order valence-corrected chi connectivity index (χ0v) is 12.3. The SMILES string of the molecule is CCCn1ncnc1CC(NC)C1CCC(F)(F)CC1. The monoisotopic (exact) mass is 286 g/mol. The minimum atomic E-state index is -2.46. The van der Waals surface area contributed by atoms with Crippen LogP contribution in [-0.2, 0) is 13.0 Å². The molecule has 114 valence electrons. The van der Waals surface area contributed by atoms with Crippen molar-refractivity contribution < 1.29 is 8.78 Å². The normalized spacial score (nSPS) is 21.0. The van der Waals surface area contributed by atoms with E-state index in [4.69, 9.17) is 0 Å². The van der Waals surface area contributed by atoms with Crippen LogP contribution < -0.4 is 5.32 Å². The lowest BCUT2D eigenvalue weighted by Crippen LogP contribution is -2.40. The number of hydrogen-bond acceptors (Lipinski definition) is 3. The highest BCUT2D eigenvalue weighted by Crippen LogP contribution is 2.37. The minimum Gasteiger partial charge on any atom is -0.316 e. The van der Waals surface area contributed by atoms with Gasteiger partial charge in [-0.3, -0.25) is 4.68 Å². The van der Waals surface area contributed by atoms with Crippen LogP contribution in [0.5, 0.6) is 0 Å². The molecule has 0 radical (unpaired) electrons. The Labute approximate surface area is 119 Å². The van der Waals surface area contributed by atoms with E-state index in [1.807, 2.05) is 11.7 Å². The van der Waals surface area contributed by atoms with Gasteiger partial charge in [-0.15, -0.1) is 0 Å². The number of aryl methyl sites for hydroxylation is 1. The maximum Gasteiger partial charge on any atom is 0.248 e. The zero-order valence-electron chi connectivity index (χ0n) is 12.3. The fraction of sp³-hybridized carbons (Fsp3) is 0.857. The summed E-state index contributed by atoms with van der Waals surface area (Å²) in [5.74, 6) is -1.22. The Morgan fingerprint density at radius 2 is 2.15 bits per heavy atom. The average molecular weight is 286 g/mol. The fourth-order valence-corrected chi connectivity index (χ4v) is 3.01. The van der Waals surface area contributed by atoms with Crippen molar-refractivity contribution in [2.45, 2.75) is 64.0 Å². The van der Waals surface area contributed by atoms with Gasteiger partial charge in [-0.1, -0.05) is 6.92 Å². The molecule has 1 fully saturated rings. The Balaban J connectivity index is 1.97. The molecule has 0 aliphatic heterocycles. The van der Waals surface area contributed by atoms with Gasteiger partial charge in [-0.05, 0) is 32.2 Å². The smallest absolute Gasteiger partial charge is 0.248 e. The molecule has 0 spiro atoms. The van der Waals surface area contributed by atoms with Crippen molar-refractivity contribution in [3.63, 3.8) is 0 Å². The highest BCUT2D eigenvalue weighted by molar-refractivity contribution is 4.94. The summed E-state index contributed by atoms with van der Waals surface area (Å²) in [6.45, 7) is 2.96. The molecule has 1 aliphatic rings. The number of alkyl halides is 2. The maximum atomic E-state index is 13.2. The molecule has 0 saturated heterocycles. The molecule has 4 nitrogen and oxygen atoms in total. The molecule has 1 atom stereocenters.